The Morgan fingerprint density at radius 1 is 1.07 bits per heavy atom. The average molecular weight is 412 g/mol. The molecule has 1 aromatic carbocycles. The number of halogens is 1. The monoisotopic (exact) mass is 411 g/mol. The Labute approximate surface area is 167 Å². The summed E-state index contributed by atoms with van der Waals surface area (Å²) in [4.78, 5) is 12.9. The lowest BCUT2D eigenvalue weighted by Gasteiger charge is -2.35. The van der Waals surface area contributed by atoms with Crippen LogP contribution in [-0.2, 0) is 14.8 Å². The van der Waals surface area contributed by atoms with E-state index in [0.29, 0.717) is 19.5 Å². The standard InChI is InChI=1S/C20H30FN3O3S/c1-22(23-12-4-2-3-5-13-23)20(25)15-17-7-6-14-24(16-17)28(26,27)19-10-8-18(21)9-11-19/h8-11,17H,2-7,12-16H2,1H3. The van der Waals surface area contributed by atoms with E-state index >= 15 is 0 Å². The summed E-state index contributed by atoms with van der Waals surface area (Å²) in [5, 5.41) is 3.85. The molecule has 2 aliphatic heterocycles. The van der Waals surface area contributed by atoms with Gasteiger partial charge in [-0.1, -0.05) is 12.8 Å². The van der Waals surface area contributed by atoms with E-state index in [0.717, 1.165) is 50.9 Å². The maximum Gasteiger partial charge on any atom is 0.243 e. The van der Waals surface area contributed by atoms with Crippen molar-refractivity contribution in [1.82, 2.24) is 14.3 Å². The Morgan fingerprint density at radius 3 is 2.36 bits per heavy atom. The van der Waals surface area contributed by atoms with Crippen LogP contribution in [0.25, 0.3) is 0 Å². The molecule has 0 aromatic heterocycles. The van der Waals surface area contributed by atoms with E-state index in [1.54, 1.807) is 5.01 Å². The number of carbonyl (C=O) groups is 1. The van der Waals surface area contributed by atoms with Gasteiger partial charge in [-0.05, 0) is 55.9 Å². The molecular formula is C20H30FN3O3S. The van der Waals surface area contributed by atoms with Crippen LogP contribution in [0.1, 0.15) is 44.9 Å². The van der Waals surface area contributed by atoms with Crippen molar-refractivity contribution in [2.45, 2.75) is 49.8 Å². The summed E-state index contributed by atoms with van der Waals surface area (Å²) in [6, 6.07) is 4.92. The van der Waals surface area contributed by atoms with Gasteiger partial charge in [-0.15, -0.1) is 0 Å². The predicted octanol–water partition coefficient (Wildman–Crippen LogP) is 2.87. The van der Waals surface area contributed by atoms with Crippen LogP contribution in [0.2, 0.25) is 0 Å². The molecule has 2 heterocycles. The zero-order valence-corrected chi connectivity index (χ0v) is 17.3. The lowest BCUT2D eigenvalue weighted by Crippen LogP contribution is -2.46. The van der Waals surface area contributed by atoms with Gasteiger partial charge in [0.15, 0.2) is 0 Å². The second kappa shape index (κ2) is 9.33. The van der Waals surface area contributed by atoms with Crippen molar-refractivity contribution in [2.24, 2.45) is 5.92 Å². The van der Waals surface area contributed by atoms with Crippen molar-refractivity contribution >= 4 is 15.9 Å². The van der Waals surface area contributed by atoms with E-state index in [1.165, 1.54) is 29.3 Å². The summed E-state index contributed by atoms with van der Waals surface area (Å²) in [5.74, 6) is -0.406. The molecule has 1 amide bonds. The molecule has 156 valence electrons. The zero-order chi connectivity index (χ0) is 20.1. The number of hydrogen-bond donors (Lipinski definition) is 0. The summed E-state index contributed by atoms with van der Waals surface area (Å²) in [7, 11) is -1.84. The molecule has 1 atom stereocenters. The van der Waals surface area contributed by atoms with E-state index in [4.69, 9.17) is 0 Å². The van der Waals surface area contributed by atoms with Crippen LogP contribution in [0.5, 0.6) is 0 Å². The van der Waals surface area contributed by atoms with Gasteiger partial charge in [-0.25, -0.2) is 17.8 Å². The number of piperidine rings is 1. The molecule has 0 aliphatic carbocycles. The second-order valence-electron chi connectivity index (χ2n) is 7.81. The topological polar surface area (TPSA) is 60.9 Å². The molecular weight excluding hydrogens is 381 g/mol. The first-order valence-corrected chi connectivity index (χ1v) is 11.6. The van der Waals surface area contributed by atoms with E-state index < -0.39 is 15.8 Å². The van der Waals surface area contributed by atoms with Gasteiger partial charge < -0.3 is 0 Å². The molecule has 2 saturated heterocycles. The highest BCUT2D eigenvalue weighted by atomic mass is 32.2. The SMILES string of the molecule is CN(C(=O)CC1CCCN(S(=O)(=O)c2ccc(F)cc2)C1)N1CCCCCC1. The molecule has 0 bridgehead atoms. The number of carbonyl (C=O) groups excluding carboxylic acids is 1. The van der Waals surface area contributed by atoms with Gasteiger partial charge in [0.1, 0.15) is 5.82 Å². The minimum atomic E-state index is -3.66. The highest BCUT2D eigenvalue weighted by Gasteiger charge is 2.32. The largest absolute Gasteiger partial charge is 0.278 e. The molecule has 1 unspecified atom stereocenters. The number of hydrogen-bond acceptors (Lipinski definition) is 4. The Bertz CT molecular complexity index is 761. The van der Waals surface area contributed by atoms with Crippen molar-refractivity contribution in [3.63, 3.8) is 0 Å². The van der Waals surface area contributed by atoms with Crippen molar-refractivity contribution in [2.75, 3.05) is 33.2 Å². The average Bonchev–Trinajstić information content (AvgIpc) is 2.97. The molecule has 0 saturated carbocycles. The van der Waals surface area contributed by atoms with Crippen LogP contribution >= 0.6 is 0 Å². The van der Waals surface area contributed by atoms with Gasteiger partial charge in [-0.3, -0.25) is 9.80 Å². The smallest absolute Gasteiger partial charge is 0.243 e. The fraction of sp³-hybridized carbons (Fsp3) is 0.650. The maximum atomic E-state index is 13.1. The fourth-order valence-corrected chi connectivity index (χ4v) is 5.61. The Balaban J connectivity index is 1.61. The molecule has 2 aliphatic rings. The van der Waals surface area contributed by atoms with E-state index in [1.807, 2.05) is 7.05 Å². The summed E-state index contributed by atoms with van der Waals surface area (Å²) < 4.78 is 40.3. The van der Waals surface area contributed by atoms with Gasteiger partial charge in [0.2, 0.25) is 15.9 Å². The number of hydrazine groups is 1. The fourth-order valence-electron chi connectivity index (χ4n) is 4.06. The molecule has 0 N–H and O–H groups in total. The highest BCUT2D eigenvalue weighted by molar-refractivity contribution is 7.89. The number of amides is 1. The summed E-state index contributed by atoms with van der Waals surface area (Å²) in [6.07, 6.45) is 6.54. The lowest BCUT2D eigenvalue weighted by atomic mass is 9.96. The van der Waals surface area contributed by atoms with Crippen molar-refractivity contribution in [3.8, 4) is 0 Å². The number of nitrogens with zero attached hydrogens (tertiary/aromatic N) is 3. The minimum absolute atomic E-state index is 0.00546. The first-order chi connectivity index (χ1) is 13.4. The van der Waals surface area contributed by atoms with E-state index in [-0.39, 0.29) is 16.7 Å². The Kier molecular flexibility index (Phi) is 7.06. The number of benzene rings is 1. The van der Waals surface area contributed by atoms with Crippen LogP contribution < -0.4 is 0 Å². The molecule has 3 rings (SSSR count). The normalized spacial score (nSPS) is 22.6. The highest BCUT2D eigenvalue weighted by Crippen LogP contribution is 2.26. The molecule has 6 nitrogen and oxygen atoms in total. The van der Waals surface area contributed by atoms with Crippen molar-refractivity contribution in [3.05, 3.63) is 30.1 Å². The van der Waals surface area contributed by atoms with Gasteiger partial charge in [0.25, 0.3) is 0 Å². The van der Waals surface area contributed by atoms with Crippen LogP contribution in [0.3, 0.4) is 0 Å². The third-order valence-electron chi connectivity index (χ3n) is 5.76. The Morgan fingerprint density at radius 2 is 1.71 bits per heavy atom. The van der Waals surface area contributed by atoms with Crippen molar-refractivity contribution < 1.29 is 17.6 Å². The lowest BCUT2D eigenvalue weighted by molar-refractivity contribution is -0.147. The minimum Gasteiger partial charge on any atom is -0.278 e. The Hall–Kier alpha value is -1.51. The van der Waals surface area contributed by atoms with Gasteiger partial charge in [0.05, 0.1) is 4.90 Å². The van der Waals surface area contributed by atoms with E-state index in [2.05, 4.69) is 5.01 Å². The first-order valence-electron chi connectivity index (χ1n) is 10.1. The van der Waals surface area contributed by atoms with E-state index in [9.17, 15) is 17.6 Å². The van der Waals surface area contributed by atoms with Gasteiger partial charge >= 0.3 is 0 Å². The molecule has 8 heteroatoms. The summed E-state index contributed by atoms with van der Waals surface area (Å²) in [5.41, 5.74) is 0. The zero-order valence-electron chi connectivity index (χ0n) is 16.5. The predicted molar refractivity (Wildman–Crippen MR) is 105 cm³/mol. The molecule has 0 spiro atoms. The first kappa shape index (κ1) is 21.2. The third-order valence-corrected chi connectivity index (χ3v) is 7.64. The molecule has 2 fully saturated rings. The van der Waals surface area contributed by atoms with Gasteiger partial charge in [0, 0.05) is 39.6 Å². The maximum absolute atomic E-state index is 13.1. The van der Waals surface area contributed by atoms with Crippen LogP contribution in [0.4, 0.5) is 4.39 Å². The number of rotatable bonds is 5. The summed E-state index contributed by atoms with van der Waals surface area (Å²) in [6.45, 7) is 2.57. The number of sulfonamides is 1. The van der Waals surface area contributed by atoms with Gasteiger partial charge in [-0.2, -0.15) is 4.31 Å². The second-order valence-corrected chi connectivity index (χ2v) is 9.75. The molecule has 0 radical (unpaired) electrons. The molecule has 1 aromatic rings. The summed E-state index contributed by atoms with van der Waals surface area (Å²) >= 11 is 0. The van der Waals surface area contributed by atoms with Crippen molar-refractivity contribution in [1.29, 1.82) is 0 Å². The van der Waals surface area contributed by atoms with Crippen LogP contribution in [-0.4, -0.2) is 61.9 Å². The quantitative estimate of drug-likeness (QED) is 0.748. The van der Waals surface area contributed by atoms with Crippen LogP contribution in [0, 0.1) is 11.7 Å². The third kappa shape index (κ3) is 5.10. The van der Waals surface area contributed by atoms with Crippen LogP contribution in [0.15, 0.2) is 29.2 Å². The molecule has 28 heavy (non-hydrogen) atoms.